The van der Waals surface area contributed by atoms with Crippen LogP contribution in [0.15, 0.2) is 30.3 Å². The lowest BCUT2D eigenvalue weighted by molar-refractivity contribution is -0.121. The van der Waals surface area contributed by atoms with Crippen LogP contribution in [-0.2, 0) is 4.79 Å². The smallest absolute Gasteiger partial charge is 0.221 e. The second-order valence-corrected chi connectivity index (χ2v) is 6.22. The van der Waals surface area contributed by atoms with Gasteiger partial charge in [0.2, 0.25) is 5.91 Å². The highest BCUT2D eigenvalue weighted by Gasteiger charge is 2.14. The van der Waals surface area contributed by atoms with Crippen LogP contribution < -0.4 is 11.1 Å². The molecule has 0 radical (unpaired) electrons. The lowest BCUT2D eigenvalue weighted by Gasteiger charge is -2.21. The fourth-order valence-electron chi connectivity index (χ4n) is 3.18. The van der Waals surface area contributed by atoms with Crippen LogP contribution in [0.25, 0.3) is 0 Å². The molecule has 4 heteroatoms. The first kappa shape index (κ1) is 19.0. The maximum atomic E-state index is 11.9. The van der Waals surface area contributed by atoms with E-state index in [9.17, 15) is 4.79 Å². The van der Waals surface area contributed by atoms with Gasteiger partial charge < -0.3 is 11.1 Å². The molecule has 1 aromatic rings. The molecule has 1 fully saturated rings. The Hall–Kier alpha value is -1.06. The molecular weight excluding hydrogens is 296 g/mol. The number of halogens is 1. The standard InChI is InChI=1S/C18H28N2O.ClH/c19-17(16-11-5-2-6-12-16)14-18(21)20-13-7-10-15-8-3-1-4-9-15;/h2,5-6,11-12,15,17H,1,3-4,7-10,13-14,19H2,(H,20,21);1H. The Kier molecular flexibility index (Phi) is 9.17. The van der Waals surface area contributed by atoms with Crippen LogP contribution in [0.4, 0.5) is 0 Å². The zero-order chi connectivity index (χ0) is 14.9. The number of carbonyl (C=O) groups is 1. The third-order valence-electron chi connectivity index (χ3n) is 4.47. The summed E-state index contributed by atoms with van der Waals surface area (Å²) in [5.74, 6) is 0.956. The lowest BCUT2D eigenvalue weighted by Crippen LogP contribution is -2.28. The van der Waals surface area contributed by atoms with E-state index in [0.717, 1.165) is 24.4 Å². The van der Waals surface area contributed by atoms with E-state index in [0.29, 0.717) is 6.42 Å². The molecule has 0 heterocycles. The van der Waals surface area contributed by atoms with Gasteiger partial charge in [0.25, 0.3) is 0 Å². The molecule has 1 atom stereocenters. The second kappa shape index (κ2) is 10.6. The van der Waals surface area contributed by atoms with Gasteiger partial charge in [-0.3, -0.25) is 4.79 Å². The second-order valence-electron chi connectivity index (χ2n) is 6.22. The molecule has 1 unspecified atom stereocenters. The van der Waals surface area contributed by atoms with Crippen molar-refractivity contribution in [1.82, 2.24) is 5.32 Å². The Morgan fingerprint density at radius 1 is 1.18 bits per heavy atom. The summed E-state index contributed by atoms with van der Waals surface area (Å²) in [5.41, 5.74) is 7.08. The van der Waals surface area contributed by atoms with Gasteiger partial charge in [0.1, 0.15) is 0 Å². The third kappa shape index (κ3) is 6.80. The molecule has 1 aliphatic rings. The van der Waals surface area contributed by atoms with Crippen molar-refractivity contribution in [2.75, 3.05) is 6.54 Å². The lowest BCUT2D eigenvalue weighted by atomic mass is 9.86. The number of carbonyl (C=O) groups excluding carboxylic acids is 1. The van der Waals surface area contributed by atoms with Crippen LogP contribution in [0.5, 0.6) is 0 Å². The molecule has 124 valence electrons. The van der Waals surface area contributed by atoms with Crippen LogP contribution >= 0.6 is 12.4 Å². The number of benzene rings is 1. The average molecular weight is 325 g/mol. The minimum Gasteiger partial charge on any atom is -0.356 e. The molecule has 0 saturated heterocycles. The highest BCUT2D eigenvalue weighted by molar-refractivity contribution is 5.85. The van der Waals surface area contributed by atoms with Crippen LogP contribution in [0.2, 0.25) is 0 Å². The Morgan fingerprint density at radius 2 is 1.86 bits per heavy atom. The first-order valence-corrected chi connectivity index (χ1v) is 8.33. The molecular formula is C18H29ClN2O. The quantitative estimate of drug-likeness (QED) is 0.745. The molecule has 1 aliphatic carbocycles. The van der Waals surface area contributed by atoms with Crippen molar-refractivity contribution in [3.63, 3.8) is 0 Å². The minimum atomic E-state index is -0.204. The molecule has 1 amide bonds. The van der Waals surface area contributed by atoms with Gasteiger partial charge in [0.15, 0.2) is 0 Å². The van der Waals surface area contributed by atoms with Crippen molar-refractivity contribution in [3.8, 4) is 0 Å². The predicted molar refractivity (Wildman–Crippen MR) is 94.1 cm³/mol. The van der Waals surface area contributed by atoms with Crippen LogP contribution in [0, 0.1) is 5.92 Å². The molecule has 0 bridgehead atoms. The van der Waals surface area contributed by atoms with E-state index in [4.69, 9.17) is 5.73 Å². The molecule has 1 saturated carbocycles. The van der Waals surface area contributed by atoms with E-state index >= 15 is 0 Å². The van der Waals surface area contributed by atoms with Gasteiger partial charge in [-0.05, 0) is 24.3 Å². The average Bonchev–Trinajstić information content (AvgIpc) is 2.53. The van der Waals surface area contributed by atoms with Crippen LogP contribution in [0.3, 0.4) is 0 Å². The summed E-state index contributed by atoms with van der Waals surface area (Å²) >= 11 is 0. The Morgan fingerprint density at radius 3 is 2.55 bits per heavy atom. The zero-order valence-corrected chi connectivity index (χ0v) is 14.1. The van der Waals surface area contributed by atoms with Crippen molar-refractivity contribution in [2.24, 2.45) is 11.7 Å². The minimum absolute atomic E-state index is 0. The molecule has 3 nitrogen and oxygen atoms in total. The maximum Gasteiger partial charge on any atom is 0.221 e. The molecule has 0 aliphatic heterocycles. The van der Waals surface area contributed by atoms with Gasteiger partial charge in [-0.15, -0.1) is 12.4 Å². The fraction of sp³-hybridized carbons (Fsp3) is 0.611. The van der Waals surface area contributed by atoms with E-state index in [1.165, 1.54) is 38.5 Å². The number of amides is 1. The number of rotatable bonds is 7. The number of hydrogen-bond acceptors (Lipinski definition) is 2. The predicted octanol–water partition coefficient (Wildman–Crippen LogP) is 3.98. The Bertz CT molecular complexity index is 418. The highest BCUT2D eigenvalue weighted by Crippen LogP contribution is 2.26. The summed E-state index contributed by atoms with van der Waals surface area (Å²) in [5, 5.41) is 3.00. The number of nitrogens with two attached hydrogens (primary N) is 1. The fourth-order valence-corrected chi connectivity index (χ4v) is 3.18. The van der Waals surface area contributed by atoms with Gasteiger partial charge in [0, 0.05) is 19.0 Å². The molecule has 2 rings (SSSR count). The summed E-state index contributed by atoms with van der Waals surface area (Å²) in [7, 11) is 0. The molecule has 1 aromatic carbocycles. The van der Waals surface area contributed by atoms with Gasteiger partial charge in [-0.2, -0.15) is 0 Å². The van der Waals surface area contributed by atoms with E-state index in [2.05, 4.69) is 5.32 Å². The monoisotopic (exact) mass is 324 g/mol. The summed E-state index contributed by atoms with van der Waals surface area (Å²) in [4.78, 5) is 11.9. The third-order valence-corrected chi connectivity index (χ3v) is 4.47. The summed E-state index contributed by atoms with van der Waals surface area (Å²) in [6.45, 7) is 0.789. The summed E-state index contributed by atoms with van der Waals surface area (Å²) in [6, 6.07) is 9.61. The molecule has 0 aromatic heterocycles. The highest BCUT2D eigenvalue weighted by atomic mass is 35.5. The van der Waals surface area contributed by atoms with E-state index in [1.54, 1.807) is 0 Å². The van der Waals surface area contributed by atoms with Crippen LogP contribution in [0.1, 0.15) is 63.0 Å². The van der Waals surface area contributed by atoms with Gasteiger partial charge in [0.05, 0.1) is 0 Å². The Labute approximate surface area is 140 Å². The zero-order valence-electron chi connectivity index (χ0n) is 13.3. The molecule has 22 heavy (non-hydrogen) atoms. The molecule has 0 spiro atoms. The number of hydrogen-bond donors (Lipinski definition) is 2. The van der Waals surface area contributed by atoms with Crippen molar-refractivity contribution >= 4 is 18.3 Å². The first-order chi connectivity index (χ1) is 10.3. The largest absolute Gasteiger partial charge is 0.356 e. The molecule has 3 N–H and O–H groups in total. The van der Waals surface area contributed by atoms with Gasteiger partial charge >= 0.3 is 0 Å². The van der Waals surface area contributed by atoms with Gasteiger partial charge in [-0.25, -0.2) is 0 Å². The normalized spacial score (nSPS) is 16.6. The topological polar surface area (TPSA) is 55.1 Å². The van der Waals surface area contributed by atoms with Crippen molar-refractivity contribution in [2.45, 2.75) is 57.4 Å². The van der Waals surface area contributed by atoms with Gasteiger partial charge in [-0.1, -0.05) is 62.4 Å². The number of nitrogens with one attached hydrogen (secondary N) is 1. The van der Waals surface area contributed by atoms with E-state index in [-0.39, 0.29) is 24.4 Å². The van der Waals surface area contributed by atoms with Crippen molar-refractivity contribution in [3.05, 3.63) is 35.9 Å². The van der Waals surface area contributed by atoms with E-state index in [1.807, 2.05) is 30.3 Å². The van der Waals surface area contributed by atoms with Crippen LogP contribution in [-0.4, -0.2) is 12.5 Å². The summed E-state index contributed by atoms with van der Waals surface area (Å²) in [6.07, 6.45) is 9.67. The van der Waals surface area contributed by atoms with E-state index < -0.39 is 0 Å². The first-order valence-electron chi connectivity index (χ1n) is 8.33. The maximum absolute atomic E-state index is 11.9. The Balaban J connectivity index is 0.00000242. The van der Waals surface area contributed by atoms with Crippen molar-refractivity contribution in [1.29, 1.82) is 0 Å². The van der Waals surface area contributed by atoms with Crippen molar-refractivity contribution < 1.29 is 4.79 Å². The summed E-state index contributed by atoms with van der Waals surface area (Å²) < 4.78 is 0. The SMILES string of the molecule is Cl.NC(CC(=O)NCCCC1CCCCC1)c1ccccc1.